The molecule has 164 valence electrons. The van der Waals surface area contributed by atoms with E-state index in [-0.39, 0.29) is 5.91 Å². The largest absolute Gasteiger partial charge is 0.360 e. The van der Waals surface area contributed by atoms with Crippen LogP contribution in [0, 0.1) is 11.8 Å². The number of piperidine rings is 1. The molecule has 0 unspecified atom stereocenters. The van der Waals surface area contributed by atoms with E-state index in [0.29, 0.717) is 29.9 Å². The van der Waals surface area contributed by atoms with Crippen molar-refractivity contribution in [3.05, 3.63) is 65.0 Å². The maximum absolute atomic E-state index is 12.4. The van der Waals surface area contributed by atoms with Crippen molar-refractivity contribution in [1.29, 1.82) is 0 Å². The van der Waals surface area contributed by atoms with Crippen molar-refractivity contribution in [2.45, 2.75) is 32.4 Å². The number of nitrogens with one attached hydrogen (secondary N) is 2. The van der Waals surface area contributed by atoms with Gasteiger partial charge >= 0.3 is 0 Å². The fourth-order valence-electron chi connectivity index (χ4n) is 4.19. The Kier molecular flexibility index (Phi) is 7.45. The first-order valence-corrected chi connectivity index (χ1v) is 11.6. The summed E-state index contributed by atoms with van der Waals surface area (Å²) < 4.78 is 5.60. The molecule has 0 saturated carbocycles. The lowest BCUT2D eigenvalue weighted by molar-refractivity contribution is -0.117. The van der Waals surface area contributed by atoms with Crippen molar-refractivity contribution in [1.82, 2.24) is 20.4 Å². The van der Waals surface area contributed by atoms with Crippen LogP contribution in [0.25, 0.3) is 0 Å². The zero-order valence-electron chi connectivity index (χ0n) is 17.8. The minimum absolute atomic E-state index is 0.0372. The molecule has 3 aromatic rings. The fraction of sp³-hybridized carbons (Fsp3) is 0.435. The SMILES string of the molecule is CN(Cc1ccccc1)Cc1cc(C[C@H]2CNCC[C@H]2CC(=O)Nc2nccs2)no1. The number of carbonyl (C=O) groups excluding carboxylic acids is 1. The van der Waals surface area contributed by atoms with E-state index >= 15 is 0 Å². The van der Waals surface area contributed by atoms with E-state index in [2.05, 4.69) is 63.1 Å². The Morgan fingerprint density at radius 2 is 2.16 bits per heavy atom. The summed E-state index contributed by atoms with van der Waals surface area (Å²) in [5.41, 5.74) is 2.24. The molecule has 3 heterocycles. The van der Waals surface area contributed by atoms with Gasteiger partial charge in [-0.25, -0.2) is 4.98 Å². The Morgan fingerprint density at radius 1 is 1.29 bits per heavy atom. The van der Waals surface area contributed by atoms with Gasteiger partial charge in [-0.3, -0.25) is 9.69 Å². The van der Waals surface area contributed by atoms with Gasteiger partial charge in [-0.05, 0) is 50.4 Å². The van der Waals surface area contributed by atoms with Gasteiger partial charge in [-0.2, -0.15) is 0 Å². The molecule has 1 fully saturated rings. The van der Waals surface area contributed by atoms with Gasteiger partial charge in [0.2, 0.25) is 5.91 Å². The van der Waals surface area contributed by atoms with Gasteiger partial charge in [0.1, 0.15) is 0 Å². The zero-order chi connectivity index (χ0) is 21.5. The van der Waals surface area contributed by atoms with Crippen LogP contribution in [0.5, 0.6) is 0 Å². The van der Waals surface area contributed by atoms with E-state index in [1.54, 1.807) is 6.20 Å². The smallest absolute Gasteiger partial charge is 0.226 e. The number of anilines is 1. The highest BCUT2D eigenvalue weighted by Gasteiger charge is 2.28. The minimum atomic E-state index is 0.0372. The number of thiazole rings is 1. The number of aromatic nitrogens is 2. The molecular weight excluding hydrogens is 410 g/mol. The van der Waals surface area contributed by atoms with Crippen LogP contribution in [0.2, 0.25) is 0 Å². The summed E-state index contributed by atoms with van der Waals surface area (Å²) in [5.74, 6) is 1.59. The molecule has 1 aliphatic heterocycles. The molecule has 2 aromatic heterocycles. The summed E-state index contributed by atoms with van der Waals surface area (Å²) >= 11 is 1.44. The highest BCUT2D eigenvalue weighted by atomic mass is 32.1. The molecule has 2 atom stereocenters. The molecular formula is C23H29N5O2S. The molecule has 0 aliphatic carbocycles. The van der Waals surface area contributed by atoms with E-state index in [9.17, 15) is 4.79 Å². The molecule has 31 heavy (non-hydrogen) atoms. The highest BCUT2D eigenvalue weighted by Crippen LogP contribution is 2.27. The molecule has 7 nitrogen and oxygen atoms in total. The predicted molar refractivity (Wildman–Crippen MR) is 122 cm³/mol. The van der Waals surface area contributed by atoms with E-state index in [0.717, 1.165) is 43.9 Å². The first-order valence-electron chi connectivity index (χ1n) is 10.7. The Bertz CT molecular complexity index is 944. The van der Waals surface area contributed by atoms with E-state index < -0.39 is 0 Å². The standard InChI is InChI=1S/C23H29N5O2S/c1-28(15-17-5-3-2-4-6-17)16-21-13-20(27-30-21)11-19-14-24-8-7-18(19)12-22(29)26-23-25-9-10-31-23/h2-6,9-10,13,18-19,24H,7-8,11-12,14-16H2,1H3,(H,25,26,29)/t18-,19-/m0/s1. The molecule has 0 spiro atoms. The van der Waals surface area contributed by atoms with Crippen LogP contribution in [0.3, 0.4) is 0 Å². The van der Waals surface area contributed by atoms with Crippen LogP contribution in [0.1, 0.15) is 29.9 Å². The minimum Gasteiger partial charge on any atom is -0.360 e. The van der Waals surface area contributed by atoms with Crippen LogP contribution >= 0.6 is 11.3 Å². The second-order valence-corrected chi connectivity index (χ2v) is 9.14. The van der Waals surface area contributed by atoms with Gasteiger partial charge in [0, 0.05) is 30.6 Å². The van der Waals surface area contributed by atoms with E-state index in [1.165, 1.54) is 16.9 Å². The number of rotatable bonds is 9. The van der Waals surface area contributed by atoms with Crippen molar-refractivity contribution < 1.29 is 9.32 Å². The molecule has 8 heteroatoms. The fourth-order valence-corrected chi connectivity index (χ4v) is 4.74. The molecule has 1 aromatic carbocycles. The quantitative estimate of drug-likeness (QED) is 0.530. The Labute approximate surface area is 186 Å². The van der Waals surface area contributed by atoms with Crippen molar-refractivity contribution in [2.75, 3.05) is 25.5 Å². The lowest BCUT2D eigenvalue weighted by Gasteiger charge is -2.31. The Hall–Kier alpha value is -2.55. The first-order chi connectivity index (χ1) is 15.2. The summed E-state index contributed by atoms with van der Waals surface area (Å²) in [6, 6.07) is 12.5. The van der Waals surface area contributed by atoms with Crippen molar-refractivity contribution in [3.8, 4) is 0 Å². The van der Waals surface area contributed by atoms with Gasteiger partial charge in [0.05, 0.1) is 12.2 Å². The van der Waals surface area contributed by atoms with E-state index in [1.807, 2.05) is 11.4 Å². The molecule has 1 saturated heterocycles. The van der Waals surface area contributed by atoms with Gasteiger partial charge < -0.3 is 15.2 Å². The number of amides is 1. The van der Waals surface area contributed by atoms with Crippen molar-refractivity contribution in [2.24, 2.45) is 11.8 Å². The number of carbonyl (C=O) groups is 1. The second kappa shape index (κ2) is 10.7. The molecule has 0 radical (unpaired) electrons. The lowest BCUT2D eigenvalue weighted by Crippen LogP contribution is -2.39. The van der Waals surface area contributed by atoms with Gasteiger partial charge in [-0.15, -0.1) is 11.3 Å². The van der Waals surface area contributed by atoms with Crippen molar-refractivity contribution >= 4 is 22.4 Å². The molecule has 2 N–H and O–H groups in total. The average Bonchev–Trinajstić information content (AvgIpc) is 3.42. The third kappa shape index (κ3) is 6.46. The van der Waals surface area contributed by atoms with Crippen LogP contribution in [0.15, 0.2) is 52.5 Å². The number of hydrogen-bond donors (Lipinski definition) is 2. The monoisotopic (exact) mass is 439 g/mol. The number of hydrogen-bond acceptors (Lipinski definition) is 7. The molecule has 1 amide bonds. The van der Waals surface area contributed by atoms with Crippen LogP contribution < -0.4 is 10.6 Å². The Balaban J connectivity index is 1.30. The Morgan fingerprint density at radius 3 is 2.97 bits per heavy atom. The average molecular weight is 440 g/mol. The third-order valence-electron chi connectivity index (χ3n) is 5.69. The summed E-state index contributed by atoms with van der Waals surface area (Å²) in [5, 5.41) is 13.2. The maximum atomic E-state index is 12.4. The molecule has 0 bridgehead atoms. The number of nitrogens with zero attached hydrogens (tertiary/aromatic N) is 3. The normalized spacial score (nSPS) is 18.9. The zero-order valence-corrected chi connectivity index (χ0v) is 18.6. The summed E-state index contributed by atoms with van der Waals surface area (Å²) in [7, 11) is 2.08. The maximum Gasteiger partial charge on any atom is 0.226 e. The molecule has 1 aliphatic rings. The highest BCUT2D eigenvalue weighted by molar-refractivity contribution is 7.13. The second-order valence-electron chi connectivity index (χ2n) is 8.25. The van der Waals surface area contributed by atoms with Gasteiger partial charge in [0.25, 0.3) is 0 Å². The molecule has 4 rings (SSSR count). The van der Waals surface area contributed by atoms with Crippen LogP contribution in [-0.4, -0.2) is 41.1 Å². The predicted octanol–water partition coefficient (Wildman–Crippen LogP) is 3.56. The lowest BCUT2D eigenvalue weighted by atomic mass is 9.81. The number of benzene rings is 1. The first kappa shape index (κ1) is 21.7. The van der Waals surface area contributed by atoms with E-state index in [4.69, 9.17) is 4.52 Å². The van der Waals surface area contributed by atoms with Crippen LogP contribution in [0.4, 0.5) is 5.13 Å². The van der Waals surface area contributed by atoms with Crippen LogP contribution in [-0.2, 0) is 24.3 Å². The summed E-state index contributed by atoms with van der Waals surface area (Å²) in [6.45, 7) is 3.41. The topological polar surface area (TPSA) is 83.3 Å². The summed E-state index contributed by atoms with van der Waals surface area (Å²) in [6.07, 6.45) is 4.01. The third-order valence-corrected chi connectivity index (χ3v) is 6.38. The van der Waals surface area contributed by atoms with Crippen molar-refractivity contribution in [3.63, 3.8) is 0 Å². The summed E-state index contributed by atoms with van der Waals surface area (Å²) in [4.78, 5) is 18.8. The van der Waals surface area contributed by atoms with Gasteiger partial charge in [-0.1, -0.05) is 35.5 Å². The van der Waals surface area contributed by atoms with Gasteiger partial charge in [0.15, 0.2) is 10.9 Å².